The zero-order valence-corrected chi connectivity index (χ0v) is 14.9. The van der Waals surface area contributed by atoms with Crippen LogP contribution in [-0.4, -0.2) is 52.4 Å². The lowest BCUT2D eigenvalue weighted by molar-refractivity contribution is 0.0519. The molecule has 1 aromatic carbocycles. The maximum absolute atomic E-state index is 13.0. The van der Waals surface area contributed by atoms with E-state index in [2.05, 4.69) is 0 Å². The lowest BCUT2D eigenvalue weighted by Gasteiger charge is -2.34. The van der Waals surface area contributed by atoms with Gasteiger partial charge in [-0.2, -0.15) is 0 Å². The van der Waals surface area contributed by atoms with Gasteiger partial charge in [-0.1, -0.05) is 18.2 Å². The molecule has 0 saturated carbocycles. The highest BCUT2D eigenvalue weighted by atomic mass is 16.3. The third kappa shape index (κ3) is 3.01. The Hall–Kier alpha value is -3.35. The highest BCUT2D eigenvalue weighted by Crippen LogP contribution is 2.19. The van der Waals surface area contributed by atoms with Gasteiger partial charge in [0.1, 0.15) is 0 Å². The van der Waals surface area contributed by atoms with Gasteiger partial charge in [-0.15, -0.1) is 0 Å². The molecule has 0 spiro atoms. The van der Waals surface area contributed by atoms with Crippen molar-refractivity contribution in [1.29, 1.82) is 0 Å². The Bertz CT molecular complexity index is 1060. The van der Waals surface area contributed by atoms with Crippen molar-refractivity contribution in [3.8, 4) is 0 Å². The van der Waals surface area contributed by atoms with Crippen LogP contribution < -0.4 is 5.56 Å². The molecular formula is C20H19N3O4. The van der Waals surface area contributed by atoms with Gasteiger partial charge < -0.3 is 18.8 Å². The van der Waals surface area contributed by atoms with Crippen LogP contribution in [-0.2, 0) is 7.05 Å². The van der Waals surface area contributed by atoms with Crippen LogP contribution in [0.25, 0.3) is 10.9 Å². The molecule has 2 aromatic heterocycles. The second kappa shape index (κ2) is 6.75. The first-order valence-electron chi connectivity index (χ1n) is 8.77. The van der Waals surface area contributed by atoms with Gasteiger partial charge in [-0.05, 0) is 18.2 Å². The summed E-state index contributed by atoms with van der Waals surface area (Å²) in [5.41, 5.74) is 0.906. The minimum Gasteiger partial charge on any atom is -0.459 e. The molecule has 27 heavy (non-hydrogen) atoms. The molecule has 0 aliphatic carbocycles. The molecule has 1 fully saturated rings. The van der Waals surface area contributed by atoms with E-state index in [-0.39, 0.29) is 17.4 Å². The number of hydrogen-bond donors (Lipinski definition) is 0. The van der Waals surface area contributed by atoms with Crippen molar-refractivity contribution in [2.75, 3.05) is 26.2 Å². The Morgan fingerprint density at radius 2 is 1.59 bits per heavy atom. The summed E-state index contributed by atoms with van der Waals surface area (Å²) < 4.78 is 6.69. The van der Waals surface area contributed by atoms with Crippen molar-refractivity contribution >= 4 is 22.7 Å². The number of aromatic nitrogens is 1. The molecule has 7 heteroatoms. The fourth-order valence-electron chi connectivity index (χ4n) is 3.43. The van der Waals surface area contributed by atoms with Gasteiger partial charge in [0.05, 0.1) is 17.3 Å². The third-order valence-electron chi connectivity index (χ3n) is 4.97. The number of aryl methyl sites for hydroxylation is 1. The molecule has 0 N–H and O–H groups in total. The SMILES string of the molecule is Cn1c(=O)cc(C(=O)N2CCN(C(=O)c3ccco3)CC2)c2ccccc21. The number of furan rings is 1. The minimum absolute atomic E-state index is 0.175. The maximum atomic E-state index is 13.0. The van der Waals surface area contributed by atoms with E-state index >= 15 is 0 Å². The van der Waals surface area contributed by atoms with E-state index in [0.29, 0.717) is 37.5 Å². The van der Waals surface area contributed by atoms with Gasteiger partial charge in [-0.3, -0.25) is 14.4 Å². The van der Waals surface area contributed by atoms with E-state index in [0.717, 1.165) is 10.9 Å². The molecule has 0 atom stereocenters. The van der Waals surface area contributed by atoms with Gasteiger partial charge in [0.15, 0.2) is 5.76 Å². The van der Waals surface area contributed by atoms with Gasteiger partial charge in [0, 0.05) is 44.7 Å². The Morgan fingerprint density at radius 3 is 2.26 bits per heavy atom. The lowest BCUT2D eigenvalue weighted by atomic mass is 10.1. The monoisotopic (exact) mass is 365 g/mol. The van der Waals surface area contributed by atoms with Crippen LogP contribution >= 0.6 is 0 Å². The van der Waals surface area contributed by atoms with E-state index in [1.165, 1.54) is 16.9 Å². The van der Waals surface area contributed by atoms with Gasteiger partial charge in [-0.25, -0.2) is 0 Å². The second-order valence-corrected chi connectivity index (χ2v) is 6.53. The Labute approximate surface area is 155 Å². The first-order valence-corrected chi connectivity index (χ1v) is 8.77. The highest BCUT2D eigenvalue weighted by molar-refractivity contribution is 6.06. The number of para-hydroxylation sites is 1. The van der Waals surface area contributed by atoms with E-state index in [4.69, 9.17) is 4.42 Å². The van der Waals surface area contributed by atoms with Crippen molar-refractivity contribution in [3.05, 3.63) is 70.4 Å². The number of rotatable bonds is 2. The van der Waals surface area contributed by atoms with Crippen molar-refractivity contribution < 1.29 is 14.0 Å². The van der Waals surface area contributed by atoms with Gasteiger partial charge >= 0.3 is 0 Å². The predicted molar refractivity (Wildman–Crippen MR) is 99.7 cm³/mol. The number of benzene rings is 1. The van der Waals surface area contributed by atoms with Crippen LogP contribution in [0.5, 0.6) is 0 Å². The van der Waals surface area contributed by atoms with E-state index in [9.17, 15) is 14.4 Å². The van der Waals surface area contributed by atoms with Crippen LogP contribution in [0, 0.1) is 0 Å². The molecule has 0 radical (unpaired) electrons. The molecular weight excluding hydrogens is 346 g/mol. The molecule has 138 valence electrons. The molecule has 0 bridgehead atoms. The molecule has 4 rings (SSSR count). The summed E-state index contributed by atoms with van der Waals surface area (Å²) in [4.78, 5) is 41.0. The number of nitrogens with zero attached hydrogens (tertiary/aromatic N) is 3. The fourth-order valence-corrected chi connectivity index (χ4v) is 3.43. The lowest BCUT2D eigenvalue weighted by Crippen LogP contribution is -2.50. The Morgan fingerprint density at radius 1 is 0.926 bits per heavy atom. The molecule has 7 nitrogen and oxygen atoms in total. The number of carbonyl (C=O) groups excluding carboxylic acids is 2. The number of amides is 2. The molecule has 1 saturated heterocycles. The molecule has 2 amide bonds. The summed E-state index contributed by atoms with van der Waals surface area (Å²) in [6.07, 6.45) is 1.47. The molecule has 1 aliphatic heterocycles. The summed E-state index contributed by atoms with van der Waals surface area (Å²) in [5, 5.41) is 0.749. The van der Waals surface area contributed by atoms with Crippen LogP contribution in [0.1, 0.15) is 20.9 Å². The van der Waals surface area contributed by atoms with Crippen molar-refractivity contribution in [3.63, 3.8) is 0 Å². The largest absolute Gasteiger partial charge is 0.459 e. The first-order chi connectivity index (χ1) is 13.1. The summed E-state index contributed by atoms with van der Waals surface area (Å²) >= 11 is 0. The summed E-state index contributed by atoms with van der Waals surface area (Å²) in [6.45, 7) is 1.67. The molecule has 3 heterocycles. The number of carbonyl (C=O) groups is 2. The van der Waals surface area contributed by atoms with Crippen molar-refractivity contribution in [1.82, 2.24) is 14.4 Å². The normalized spacial score (nSPS) is 14.6. The van der Waals surface area contributed by atoms with E-state index < -0.39 is 0 Å². The highest BCUT2D eigenvalue weighted by Gasteiger charge is 2.27. The minimum atomic E-state index is -0.219. The van der Waals surface area contributed by atoms with Gasteiger partial charge in [0.2, 0.25) is 0 Å². The predicted octanol–water partition coefficient (Wildman–Crippen LogP) is 1.73. The number of hydrogen-bond acceptors (Lipinski definition) is 4. The smallest absolute Gasteiger partial charge is 0.289 e. The zero-order chi connectivity index (χ0) is 19.0. The Kier molecular flexibility index (Phi) is 4.27. The average molecular weight is 365 g/mol. The van der Waals surface area contributed by atoms with E-state index in [1.807, 2.05) is 24.3 Å². The standard InChI is InChI=1S/C20H19N3O4/c1-21-16-6-3-2-5-14(16)15(13-18(21)24)19(25)22-8-10-23(11-9-22)20(26)17-7-4-12-27-17/h2-7,12-13H,8-11H2,1H3. The molecule has 0 unspecified atom stereocenters. The van der Waals surface area contributed by atoms with Crippen molar-refractivity contribution in [2.24, 2.45) is 7.05 Å². The van der Waals surface area contributed by atoms with Crippen molar-refractivity contribution in [2.45, 2.75) is 0 Å². The topological polar surface area (TPSA) is 75.8 Å². The van der Waals surface area contributed by atoms with Crippen LogP contribution in [0.4, 0.5) is 0 Å². The fraction of sp³-hybridized carbons (Fsp3) is 0.250. The maximum Gasteiger partial charge on any atom is 0.289 e. The number of fused-ring (bicyclic) bond motifs is 1. The summed E-state index contributed by atoms with van der Waals surface area (Å²) in [5.74, 6) is -0.0625. The van der Waals surface area contributed by atoms with E-state index in [1.54, 1.807) is 29.0 Å². The summed E-state index contributed by atoms with van der Waals surface area (Å²) in [6, 6.07) is 12.1. The number of pyridine rings is 1. The van der Waals surface area contributed by atoms with Crippen LogP contribution in [0.3, 0.4) is 0 Å². The number of piperazine rings is 1. The average Bonchev–Trinajstić information content (AvgIpc) is 3.25. The Balaban J connectivity index is 1.55. The quantitative estimate of drug-likeness (QED) is 0.693. The van der Waals surface area contributed by atoms with Crippen LogP contribution in [0.15, 0.2) is 57.9 Å². The third-order valence-corrected chi connectivity index (χ3v) is 4.97. The van der Waals surface area contributed by atoms with Crippen LogP contribution in [0.2, 0.25) is 0 Å². The first kappa shape index (κ1) is 17.1. The second-order valence-electron chi connectivity index (χ2n) is 6.53. The molecule has 3 aromatic rings. The molecule has 1 aliphatic rings. The summed E-state index contributed by atoms with van der Waals surface area (Å²) in [7, 11) is 1.69. The van der Waals surface area contributed by atoms with Gasteiger partial charge in [0.25, 0.3) is 17.4 Å². The zero-order valence-electron chi connectivity index (χ0n) is 14.9.